The molecule has 4 amide bonds. The minimum atomic E-state index is -4.03. The minimum Gasteiger partial charge on any atom is -0.489 e. The van der Waals surface area contributed by atoms with Crippen LogP contribution in [0.3, 0.4) is 0 Å². The van der Waals surface area contributed by atoms with Crippen molar-refractivity contribution in [3.63, 3.8) is 0 Å². The summed E-state index contributed by atoms with van der Waals surface area (Å²) >= 11 is 0. The van der Waals surface area contributed by atoms with Gasteiger partial charge in [0.15, 0.2) is 0 Å². The van der Waals surface area contributed by atoms with Crippen molar-refractivity contribution in [2.45, 2.75) is 195 Å². The molecule has 9 unspecified atom stereocenters. The Morgan fingerprint density at radius 2 is 1.64 bits per heavy atom. The lowest BCUT2D eigenvalue weighted by Crippen LogP contribution is -2.70. The Hall–Kier alpha value is -4.44. The second kappa shape index (κ2) is 17.8. The van der Waals surface area contributed by atoms with Gasteiger partial charge in [-0.3, -0.25) is 19.1 Å². The van der Waals surface area contributed by atoms with Gasteiger partial charge < -0.3 is 34.6 Å². The van der Waals surface area contributed by atoms with E-state index >= 15 is 9.59 Å². The predicted molar refractivity (Wildman–Crippen MR) is 252 cm³/mol. The normalized spacial score (nSPS) is 34.9. The number of aromatic nitrogens is 1. The molecule has 0 spiro atoms. The molecule has 7 fully saturated rings. The summed E-state index contributed by atoms with van der Waals surface area (Å²) in [6.45, 7) is 7.58. The highest BCUT2D eigenvalue weighted by Gasteiger charge is 2.59. The second-order valence-corrected chi connectivity index (χ2v) is 24.2. The third-order valence-corrected chi connectivity index (χ3v) is 19.7. The summed E-state index contributed by atoms with van der Waals surface area (Å²) in [4.78, 5) is 67.7. The first kappa shape index (κ1) is 46.3. The molecule has 3 saturated heterocycles. The minimum absolute atomic E-state index is 0.00417. The molecule has 9 atom stereocenters. The van der Waals surface area contributed by atoms with Gasteiger partial charge in [-0.15, -0.1) is 6.58 Å². The summed E-state index contributed by atoms with van der Waals surface area (Å²) < 4.78 is 48.2. The van der Waals surface area contributed by atoms with Crippen LogP contribution in [0, 0.1) is 17.3 Å². The van der Waals surface area contributed by atoms with E-state index in [1.165, 1.54) is 17.7 Å². The van der Waals surface area contributed by atoms with Crippen molar-refractivity contribution in [3.05, 3.63) is 42.5 Å². The molecule has 16 heteroatoms. The topological polar surface area (TPSA) is 186 Å². The van der Waals surface area contributed by atoms with Crippen molar-refractivity contribution < 1.29 is 41.8 Å². The lowest BCUT2D eigenvalue weighted by Gasteiger charge is -2.48. The maximum atomic E-state index is 15.4. The van der Waals surface area contributed by atoms with Crippen LogP contribution in [0.5, 0.6) is 11.6 Å². The van der Waals surface area contributed by atoms with Gasteiger partial charge in [-0.1, -0.05) is 57.2 Å². The summed E-state index contributed by atoms with van der Waals surface area (Å²) in [7, 11) is -1.81. The van der Waals surface area contributed by atoms with Gasteiger partial charge in [0.1, 0.15) is 41.7 Å². The van der Waals surface area contributed by atoms with Crippen molar-refractivity contribution in [1.82, 2.24) is 30.1 Å². The third-order valence-electron chi connectivity index (χ3n) is 17.5. The molecule has 5 heterocycles. The summed E-state index contributed by atoms with van der Waals surface area (Å²) in [5.74, 6) is -0.917. The smallest absolute Gasteiger partial charge is 0.408 e. The molecule has 15 nitrogen and oxygen atoms in total. The zero-order valence-corrected chi connectivity index (χ0v) is 40.4. The van der Waals surface area contributed by atoms with Crippen LogP contribution in [0.2, 0.25) is 0 Å². The highest BCUT2D eigenvalue weighted by Crippen LogP contribution is 2.47. The number of sulfonamides is 1. The maximum absolute atomic E-state index is 15.4. The Balaban J connectivity index is 1.02. The number of nitrogens with zero attached hydrogens (tertiary/aromatic N) is 3. The Bertz CT molecular complexity index is 2390. The van der Waals surface area contributed by atoms with E-state index in [1.807, 2.05) is 25.1 Å². The van der Waals surface area contributed by atoms with E-state index in [1.54, 1.807) is 13.0 Å². The average Bonchev–Trinajstić information content (AvgIpc) is 4.17. The number of fused-ring (bicyclic) bond motifs is 7. The molecule has 1 aromatic heterocycles. The Labute approximate surface area is 395 Å². The molecule has 1 aromatic carbocycles. The van der Waals surface area contributed by atoms with E-state index in [2.05, 4.69) is 39.9 Å². The number of para-hydroxylation sites is 1. The first-order valence-electron chi connectivity index (χ1n) is 25.4. The van der Waals surface area contributed by atoms with Crippen molar-refractivity contribution in [3.8, 4) is 11.6 Å². The SMILES string of the molecule is C=CC1CCC1(NC(=O)C1CC2CN1C(=O)C(C1(C)CCCCC1)NC(=O)OC1CC1CCCCCc1c(nc3ccccc3c1OC1CC3CCC(C1)N3C)O2)C(=O)NS(=O)(=O)C1(C)CC1. The Morgan fingerprint density at radius 3 is 2.34 bits per heavy atom. The van der Waals surface area contributed by atoms with Crippen LogP contribution in [-0.2, 0) is 35.6 Å². The van der Waals surface area contributed by atoms with E-state index < -0.39 is 73.6 Å². The van der Waals surface area contributed by atoms with Crippen LogP contribution in [0.1, 0.15) is 141 Å². The Kier molecular flexibility index (Phi) is 12.3. The van der Waals surface area contributed by atoms with Crippen LogP contribution in [0.25, 0.3) is 10.9 Å². The number of benzene rings is 1. The average molecular weight is 943 g/mol. The van der Waals surface area contributed by atoms with Gasteiger partial charge in [-0.25, -0.2) is 18.2 Å². The largest absolute Gasteiger partial charge is 0.489 e. The van der Waals surface area contributed by atoms with E-state index in [0.29, 0.717) is 56.5 Å². The van der Waals surface area contributed by atoms with Gasteiger partial charge in [0, 0.05) is 29.8 Å². The number of rotatable bonds is 9. The van der Waals surface area contributed by atoms with Crippen LogP contribution < -0.4 is 24.8 Å². The number of amides is 4. The fourth-order valence-electron chi connectivity index (χ4n) is 12.5. The number of nitrogens with one attached hydrogen (secondary N) is 3. The fraction of sp³-hybridized carbons (Fsp3) is 0.706. The molecule has 4 aliphatic heterocycles. The lowest BCUT2D eigenvalue weighted by molar-refractivity contribution is -0.146. The summed E-state index contributed by atoms with van der Waals surface area (Å²) in [6.07, 6.45) is 15.2. The molecular weight excluding hydrogens is 873 g/mol. The van der Waals surface area contributed by atoms with Gasteiger partial charge in [0.2, 0.25) is 27.7 Å². The highest BCUT2D eigenvalue weighted by molar-refractivity contribution is 7.91. The first-order chi connectivity index (χ1) is 32.1. The molecule has 8 aliphatic rings. The molecule has 10 rings (SSSR count). The number of pyridine rings is 1. The van der Waals surface area contributed by atoms with Gasteiger partial charge in [0.05, 0.1) is 22.4 Å². The maximum Gasteiger partial charge on any atom is 0.408 e. The van der Waals surface area contributed by atoms with Crippen LogP contribution in [0.4, 0.5) is 4.79 Å². The zero-order valence-electron chi connectivity index (χ0n) is 39.6. The number of ether oxygens (including phenoxy) is 3. The summed E-state index contributed by atoms with van der Waals surface area (Å²) in [6, 6.07) is 6.81. The monoisotopic (exact) mass is 942 g/mol. The molecule has 4 saturated carbocycles. The molecule has 67 heavy (non-hydrogen) atoms. The number of alkyl carbamates (subject to hydrolysis) is 1. The van der Waals surface area contributed by atoms with Gasteiger partial charge in [-0.05, 0) is 127 Å². The number of piperidine rings is 1. The van der Waals surface area contributed by atoms with Crippen molar-refractivity contribution in [1.29, 1.82) is 0 Å². The molecule has 3 N–H and O–H groups in total. The molecule has 2 aromatic rings. The molecular formula is C51H70N6O9S. The Morgan fingerprint density at radius 1 is 0.910 bits per heavy atom. The number of carbonyl (C=O) groups excluding carboxylic acids is 4. The van der Waals surface area contributed by atoms with E-state index in [9.17, 15) is 18.0 Å². The summed E-state index contributed by atoms with van der Waals surface area (Å²) in [5.41, 5.74) is -0.609. The van der Waals surface area contributed by atoms with Gasteiger partial charge in [0.25, 0.3) is 5.91 Å². The quantitative estimate of drug-likeness (QED) is 0.230. The van der Waals surface area contributed by atoms with Crippen molar-refractivity contribution in [2.75, 3.05) is 13.6 Å². The van der Waals surface area contributed by atoms with Gasteiger partial charge in [-0.2, -0.15) is 0 Å². The predicted octanol–water partition coefficient (Wildman–Crippen LogP) is 6.61. The van der Waals surface area contributed by atoms with Crippen LogP contribution in [-0.4, -0.2) is 113 Å². The van der Waals surface area contributed by atoms with Crippen LogP contribution in [0.15, 0.2) is 36.9 Å². The number of carbonyl (C=O) groups is 4. The van der Waals surface area contributed by atoms with Crippen LogP contribution >= 0.6 is 0 Å². The molecule has 4 bridgehead atoms. The first-order valence-corrected chi connectivity index (χ1v) is 26.8. The standard InChI is InChI=1S/C51H70N6O9S/c1-5-32-20-23-51(32,47(60)55-67(62,63)50(3)24-25-50)54-44(58)40-29-36-30-57(40)46(59)43(49(2)21-12-7-13-22-49)53-48(61)66-41-26-31(41)14-8-6-9-16-38-42(37-15-10-11-17-39(37)52-45(38)65-36)64-35-27-33-18-19-34(28-35)56(33)4/h5,10-11,15,17,31-36,40-41,43H,1,6-9,12-14,16,18-30H2,2-4H3,(H,53,61)(H,54,58)(H,55,60). The highest BCUT2D eigenvalue weighted by atomic mass is 32.2. The van der Waals surface area contributed by atoms with E-state index in [0.717, 1.165) is 86.4 Å². The third kappa shape index (κ3) is 8.80. The number of hydrogen-bond acceptors (Lipinski definition) is 11. The van der Waals surface area contributed by atoms with E-state index in [-0.39, 0.29) is 37.5 Å². The second-order valence-electron chi connectivity index (χ2n) is 22.0. The summed E-state index contributed by atoms with van der Waals surface area (Å²) in [5, 5.41) is 6.95. The lowest BCUT2D eigenvalue weighted by atomic mass is 9.66. The molecule has 0 radical (unpaired) electrons. The molecule has 364 valence electrons. The number of hydrogen-bond donors (Lipinski definition) is 3. The van der Waals surface area contributed by atoms with Crippen molar-refractivity contribution >= 4 is 44.7 Å². The molecule has 4 aliphatic carbocycles. The van der Waals surface area contributed by atoms with E-state index in [4.69, 9.17) is 19.2 Å². The fourth-order valence-corrected chi connectivity index (χ4v) is 13.8. The van der Waals surface area contributed by atoms with Crippen molar-refractivity contribution in [2.24, 2.45) is 17.3 Å². The van der Waals surface area contributed by atoms with Gasteiger partial charge >= 0.3 is 6.09 Å². The zero-order chi connectivity index (χ0) is 46.9.